The number of hydrogen-bond donors (Lipinski definition) is 1. The molecular weight excluding hydrogens is 567 g/mol. The Balaban J connectivity index is 1.49. The van der Waals surface area contributed by atoms with Crippen LogP contribution in [-0.2, 0) is 9.84 Å². The molecule has 6 nitrogen and oxygen atoms in total. The number of benzene rings is 3. The number of carbonyl (C=O) groups is 1. The van der Waals surface area contributed by atoms with Gasteiger partial charge in [0.05, 0.1) is 10.6 Å². The molecule has 4 aromatic rings. The highest BCUT2D eigenvalue weighted by atomic mass is 32.2. The highest BCUT2D eigenvalue weighted by molar-refractivity contribution is 7.91. The first kappa shape index (κ1) is 29.8. The third-order valence-corrected chi connectivity index (χ3v) is 10.7. The molecule has 0 radical (unpaired) electrons. The number of nitrogens with zero attached hydrogens (tertiary/aromatic N) is 1. The van der Waals surface area contributed by atoms with Gasteiger partial charge in [0.15, 0.2) is 15.6 Å². The average Bonchev–Trinajstić information content (AvgIpc) is 3.39. The van der Waals surface area contributed by atoms with E-state index >= 15 is 0 Å². The number of likely N-dealkylation sites (tertiary alicyclic amines) is 1. The molecule has 0 amide bonds. The lowest BCUT2D eigenvalue weighted by molar-refractivity contribution is 0.104. The molecule has 3 aromatic carbocycles. The van der Waals surface area contributed by atoms with Crippen LogP contribution in [0.1, 0.15) is 60.5 Å². The molecule has 1 aliphatic rings. The van der Waals surface area contributed by atoms with Crippen molar-refractivity contribution in [2.75, 3.05) is 32.0 Å². The number of ketones is 1. The van der Waals surface area contributed by atoms with Gasteiger partial charge < -0.3 is 9.84 Å². The van der Waals surface area contributed by atoms with Gasteiger partial charge in [-0.2, -0.15) is 0 Å². The summed E-state index contributed by atoms with van der Waals surface area (Å²) in [6.07, 6.45) is 10.6. The maximum Gasteiger partial charge on any atom is 0.195 e. The fourth-order valence-electron chi connectivity index (χ4n) is 5.32. The minimum atomic E-state index is -3.70. The number of unbranched alkanes of at least 4 members (excludes halogenated alkanes) is 1. The maximum atomic E-state index is 14.1. The van der Waals surface area contributed by atoms with Crippen LogP contribution in [0.3, 0.4) is 0 Å². The van der Waals surface area contributed by atoms with Gasteiger partial charge in [-0.25, -0.2) is 8.42 Å². The van der Waals surface area contributed by atoms with Crippen molar-refractivity contribution in [1.82, 2.24) is 4.90 Å². The van der Waals surface area contributed by atoms with Crippen molar-refractivity contribution in [3.63, 3.8) is 0 Å². The van der Waals surface area contributed by atoms with Crippen LogP contribution >= 0.6 is 11.3 Å². The number of sulfone groups is 1. The SMILES string of the molecule is C#Cc1ccc2c(C(=O)c3ccc(OCCN4CCCCC4)cc3)c(-c3cccc(S(=O)(=O)CCCC)c3O)sc2c1. The second-order valence-electron chi connectivity index (χ2n) is 10.6. The van der Waals surface area contributed by atoms with Crippen LogP contribution in [0.25, 0.3) is 20.5 Å². The zero-order valence-corrected chi connectivity index (χ0v) is 25.4. The van der Waals surface area contributed by atoms with Crippen molar-refractivity contribution in [3.05, 3.63) is 77.4 Å². The predicted molar refractivity (Wildman–Crippen MR) is 169 cm³/mol. The number of carbonyl (C=O) groups excluding carboxylic acids is 1. The molecule has 42 heavy (non-hydrogen) atoms. The number of aromatic hydroxyl groups is 1. The number of rotatable bonds is 11. The van der Waals surface area contributed by atoms with E-state index in [9.17, 15) is 18.3 Å². The number of piperidine rings is 1. The van der Waals surface area contributed by atoms with Crippen molar-refractivity contribution in [2.45, 2.75) is 43.9 Å². The number of thiophene rings is 1. The van der Waals surface area contributed by atoms with Gasteiger partial charge in [-0.3, -0.25) is 9.69 Å². The first-order valence-corrected chi connectivity index (χ1v) is 16.9. The van der Waals surface area contributed by atoms with E-state index in [4.69, 9.17) is 11.2 Å². The minimum absolute atomic E-state index is 0.0588. The summed E-state index contributed by atoms with van der Waals surface area (Å²) in [6.45, 7) is 5.60. The molecule has 0 unspecified atom stereocenters. The Morgan fingerprint density at radius 3 is 2.55 bits per heavy atom. The summed E-state index contributed by atoms with van der Waals surface area (Å²) in [7, 11) is -3.70. The zero-order valence-electron chi connectivity index (χ0n) is 23.8. The van der Waals surface area contributed by atoms with Crippen LogP contribution in [0.4, 0.5) is 0 Å². The van der Waals surface area contributed by atoms with E-state index in [1.54, 1.807) is 42.5 Å². The van der Waals surface area contributed by atoms with Crippen LogP contribution in [0, 0.1) is 12.3 Å². The van der Waals surface area contributed by atoms with Crippen LogP contribution in [-0.4, -0.2) is 56.2 Å². The van der Waals surface area contributed by atoms with Gasteiger partial charge in [0, 0.05) is 38.9 Å². The zero-order chi connectivity index (χ0) is 29.7. The van der Waals surface area contributed by atoms with Crippen LogP contribution in [0.5, 0.6) is 11.5 Å². The van der Waals surface area contributed by atoms with Crippen LogP contribution < -0.4 is 4.74 Å². The van der Waals surface area contributed by atoms with Gasteiger partial charge in [0.1, 0.15) is 23.0 Å². The second kappa shape index (κ2) is 13.1. The van der Waals surface area contributed by atoms with Crippen molar-refractivity contribution in [1.29, 1.82) is 0 Å². The number of hydrogen-bond acceptors (Lipinski definition) is 7. The molecule has 218 valence electrons. The standard InChI is InChI=1S/C34H35NO5S2/c1-3-5-22-42(38,39)30-11-9-10-28(33(30)37)34-31(27-17-12-24(4-2)23-29(27)41-34)32(36)25-13-15-26(16-14-25)40-21-20-35-18-7-6-8-19-35/h2,9-17,23,37H,3,5-8,18-22H2,1H3. The monoisotopic (exact) mass is 601 g/mol. The number of phenols is 1. The summed E-state index contributed by atoms with van der Waals surface area (Å²) in [5.74, 6) is 2.69. The Morgan fingerprint density at radius 1 is 1.07 bits per heavy atom. The highest BCUT2D eigenvalue weighted by Crippen LogP contribution is 2.45. The molecule has 1 fully saturated rings. The highest BCUT2D eigenvalue weighted by Gasteiger charge is 2.27. The molecule has 0 saturated carbocycles. The van der Waals surface area contributed by atoms with Crippen molar-refractivity contribution in [2.24, 2.45) is 0 Å². The minimum Gasteiger partial charge on any atom is -0.506 e. The third kappa shape index (κ3) is 6.39. The normalized spacial score (nSPS) is 14.1. The molecule has 0 spiro atoms. The molecule has 1 saturated heterocycles. The Labute approximate surface area is 251 Å². The first-order chi connectivity index (χ1) is 20.3. The summed E-state index contributed by atoms with van der Waals surface area (Å²) in [5, 5.41) is 12.0. The molecule has 0 aliphatic carbocycles. The number of phenolic OH excluding ortho intramolecular Hbond substituents is 1. The van der Waals surface area contributed by atoms with E-state index in [1.807, 2.05) is 19.1 Å². The van der Waals surface area contributed by atoms with Gasteiger partial charge in [-0.05, 0) is 80.9 Å². The molecule has 1 N–H and O–H groups in total. The topological polar surface area (TPSA) is 83.9 Å². The average molecular weight is 602 g/mol. The smallest absolute Gasteiger partial charge is 0.195 e. The third-order valence-electron chi connectivity index (χ3n) is 7.67. The molecule has 8 heteroatoms. The Bertz CT molecular complexity index is 1730. The largest absolute Gasteiger partial charge is 0.506 e. The number of fused-ring (bicyclic) bond motifs is 1. The lowest BCUT2D eigenvalue weighted by atomic mass is 9.97. The molecule has 0 bridgehead atoms. The predicted octanol–water partition coefficient (Wildman–Crippen LogP) is 6.92. The fraction of sp³-hybridized carbons (Fsp3) is 0.324. The molecular formula is C34H35NO5S2. The molecule has 1 aromatic heterocycles. The molecule has 1 aliphatic heterocycles. The lowest BCUT2D eigenvalue weighted by Crippen LogP contribution is -2.33. The Hall–Kier alpha value is -3.64. The maximum absolute atomic E-state index is 14.1. The lowest BCUT2D eigenvalue weighted by Gasteiger charge is -2.26. The Morgan fingerprint density at radius 2 is 1.83 bits per heavy atom. The van der Waals surface area contributed by atoms with Gasteiger partial charge in [-0.15, -0.1) is 17.8 Å². The van der Waals surface area contributed by atoms with Gasteiger partial charge >= 0.3 is 0 Å². The Kier molecular flexibility index (Phi) is 9.32. The molecule has 0 atom stereocenters. The summed E-state index contributed by atoms with van der Waals surface area (Å²) in [5.41, 5.74) is 1.83. The van der Waals surface area contributed by atoms with Gasteiger partial charge in [0.25, 0.3) is 0 Å². The van der Waals surface area contributed by atoms with E-state index in [0.29, 0.717) is 57.7 Å². The van der Waals surface area contributed by atoms with E-state index in [-0.39, 0.29) is 22.2 Å². The van der Waals surface area contributed by atoms with Crippen LogP contribution in [0.15, 0.2) is 65.6 Å². The van der Waals surface area contributed by atoms with Crippen LogP contribution in [0.2, 0.25) is 0 Å². The van der Waals surface area contributed by atoms with E-state index < -0.39 is 9.84 Å². The summed E-state index contributed by atoms with van der Waals surface area (Å²) in [6, 6.07) is 17.2. The van der Waals surface area contributed by atoms with Crippen molar-refractivity contribution in [3.8, 4) is 34.3 Å². The first-order valence-electron chi connectivity index (χ1n) is 14.4. The van der Waals surface area contributed by atoms with Gasteiger partial charge in [0.2, 0.25) is 0 Å². The summed E-state index contributed by atoms with van der Waals surface area (Å²) in [4.78, 5) is 16.8. The fourth-order valence-corrected chi connectivity index (χ4v) is 8.17. The van der Waals surface area contributed by atoms with E-state index in [0.717, 1.165) is 24.3 Å². The van der Waals surface area contributed by atoms with Gasteiger partial charge in [-0.1, -0.05) is 37.8 Å². The molecule has 5 rings (SSSR count). The number of para-hydroxylation sites is 1. The molecule has 2 heterocycles. The number of ether oxygens (including phenoxy) is 1. The van der Waals surface area contributed by atoms with Crippen molar-refractivity contribution < 1.29 is 23.1 Å². The quantitative estimate of drug-likeness (QED) is 0.148. The summed E-state index contributed by atoms with van der Waals surface area (Å²) < 4.78 is 32.8. The summed E-state index contributed by atoms with van der Waals surface area (Å²) >= 11 is 1.31. The number of terminal acetylenes is 1. The van der Waals surface area contributed by atoms with E-state index in [2.05, 4.69) is 10.8 Å². The van der Waals surface area contributed by atoms with E-state index in [1.165, 1.54) is 36.7 Å². The van der Waals surface area contributed by atoms with Crippen molar-refractivity contribution >= 4 is 37.0 Å². The second-order valence-corrected chi connectivity index (χ2v) is 13.7.